The number of nitrogens with zero attached hydrogens (tertiary/aromatic N) is 1. The molecule has 0 aliphatic carbocycles. The molecule has 0 bridgehead atoms. The van der Waals surface area contributed by atoms with Crippen LogP contribution in [0, 0.1) is 12.8 Å². The lowest BCUT2D eigenvalue weighted by atomic mass is 10.0. The molecule has 0 spiro atoms. The molecule has 1 fully saturated rings. The maximum atomic E-state index is 13.1. The van der Waals surface area contributed by atoms with Crippen molar-refractivity contribution >= 4 is 33.2 Å². The molecule has 7 heteroatoms. The van der Waals surface area contributed by atoms with Gasteiger partial charge in [-0.15, -0.1) is 0 Å². The summed E-state index contributed by atoms with van der Waals surface area (Å²) in [6, 6.07) is 13.0. The third-order valence-corrected chi connectivity index (χ3v) is 7.51. The van der Waals surface area contributed by atoms with Crippen molar-refractivity contribution in [1.82, 2.24) is 4.31 Å². The molecule has 0 amide bonds. The highest BCUT2D eigenvalue weighted by molar-refractivity contribution is 7.89. The summed E-state index contributed by atoms with van der Waals surface area (Å²) < 4.78 is 33.5. The largest absolute Gasteiger partial charge is 0.376 e. The van der Waals surface area contributed by atoms with Crippen molar-refractivity contribution in [2.24, 2.45) is 5.92 Å². The molecule has 1 aliphatic heterocycles. The van der Waals surface area contributed by atoms with E-state index in [2.05, 4.69) is 0 Å². The van der Waals surface area contributed by atoms with Crippen molar-refractivity contribution in [3.05, 3.63) is 63.6 Å². The fourth-order valence-electron chi connectivity index (χ4n) is 3.27. The first kappa shape index (κ1) is 20.6. The van der Waals surface area contributed by atoms with Crippen LogP contribution in [0.5, 0.6) is 0 Å². The van der Waals surface area contributed by atoms with Crippen molar-refractivity contribution in [1.29, 1.82) is 0 Å². The fraction of sp³-hybridized carbons (Fsp3) is 0.400. The van der Waals surface area contributed by atoms with Crippen LogP contribution in [0.3, 0.4) is 0 Å². The average Bonchev–Trinajstić information content (AvgIpc) is 2.66. The van der Waals surface area contributed by atoms with Gasteiger partial charge in [0.25, 0.3) is 0 Å². The molecular formula is C20H23Cl2NO3S. The van der Waals surface area contributed by atoms with Crippen LogP contribution >= 0.6 is 23.2 Å². The van der Waals surface area contributed by atoms with Gasteiger partial charge in [-0.1, -0.05) is 53.5 Å². The molecule has 146 valence electrons. The van der Waals surface area contributed by atoms with E-state index in [9.17, 15) is 8.42 Å². The molecule has 27 heavy (non-hydrogen) atoms. The number of halogens is 2. The second-order valence-electron chi connectivity index (χ2n) is 6.90. The number of ether oxygens (including phenoxy) is 1. The highest BCUT2D eigenvalue weighted by Gasteiger charge is 2.32. The molecule has 4 nitrogen and oxygen atoms in total. The maximum absolute atomic E-state index is 13.1. The summed E-state index contributed by atoms with van der Waals surface area (Å²) in [4.78, 5) is 0.122. The minimum atomic E-state index is -3.65. The first-order valence-corrected chi connectivity index (χ1v) is 11.1. The van der Waals surface area contributed by atoms with Crippen molar-refractivity contribution in [2.45, 2.75) is 31.3 Å². The molecule has 3 rings (SSSR count). The van der Waals surface area contributed by atoms with Gasteiger partial charge in [0.1, 0.15) is 4.90 Å². The number of rotatable bonds is 6. The van der Waals surface area contributed by atoms with E-state index in [-0.39, 0.29) is 15.8 Å². The van der Waals surface area contributed by atoms with E-state index in [1.54, 1.807) is 13.0 Å². The maximum Gasteiger partial charge on any atom is 0.244 e. The van der Waals surface area contributed by atoms with Crippen LogP contribution in [0.15, 0.2) is 47.4 Å². The van der Waals surface area contributed by atoms with Gasteiger partial charge in [-0.05, 0) is 48.9 Å². The smallest absolute Gasteiger partial charge is 0.244 e. The average molecular weight is 428 g/mol. The van der Waals surface area contributed by atoms with Gasteiger partial charge >= 0.3 is 0 Å². The van der Waals surface area contributed by atoms with Gasteiger partial charge < -0.3 is 4.74 Å². The predicted octanol–water partition coefficient (Wildman–Crippen LogP) is 4.92. The van der Waals surface area contributed by atoms with Crippen molar-refractivity contribution < 1.29 is 13.2 Å². The number of benzene rings is 2. The minimum absolute atomic E-state index is 0.122. The van der Waals surface area contributed by atoms with E-state index in [1.807, 2.05) is 30.3 Å². The highest BCUT2D eigenvalue weighted by atomic mass is 35.5. The Bertz CT molecular complexity index is 888. The fourth-order valence-corrected chi connectivity index (χ4v) is 5.63. The van der Waals surface area contributed by atoms with E-state index in [0.717, 1.165) is 18.4 Å². The lowest BCUT2D eigenvalue weighted by molar-refractivity contribution is 0.0672. The highest BCUT2D eigenvalue weighted by Crippen LogP contribution is 2.32. The summed E-state index contributed by atoms with van der Waals surface area (Å²) in [5, 5.41) is 0.623. The molecule has 0 radical (unpaired) electrons. The Kier molecular flexibility index (Phi) is 6.82. The molecule has 0 aromatic heterocycles. The summed E-state index contributed by atoms with van der Waals surface area (Å²) in [5.74, 6) is 0.171. The van der Waals surface area contributed by atoms with Crippen molar-refractivity contribution in [3.8, 4) is 0 Å². The summed E-state index contributed by atoms with van der Waals surface area (Å²) in [7, 11) is -3.65. The van der Waals surface area contributed by atoms with Crippen LogP contribution < -0.4 is 0 Å². The van der Waals surface area contributed by atoms with Crippen LogP contribution in [-0.4, -0.2) is 32.4 Å². The molecule has 1 heterocycles. The van der Waals surface area contributed by atoms with Gasteiger partial charge in [-0.3, -0.25) is 0 Å². The quantitative estimate of drug-likeness (QED) is 0.656. The molecular weight excluding hydrogens is 405 g/mol. The number of hydrogen-bond acceptors (Lipinski definition) is 3. The number of hydrogen-bond donors (Lipinski definition) is 0. The normalized spacial score (nSPS) is 18.6. The summed E-state index contributed by atoms with van der Waals surface area (Å²) in [6.07, 6.45) is 1.76. The Morgan fingerprint density at radius 2 is 1.89 bits per heavy atom. The monoisotopic (exact) mass is 427 g/mol. The lowest BCUT2D eigenvalue weighted by Gasteiger charge is -2.32. The van der Waals surface area contributed by atoms with Crippen LogP contribution in [0.25, 0.3) is 0 Å². The number of piperidine rings is 1. The van der Waals surface area contributed by atoms with Crippen LogP contribution in [0.2, 0.25) is 10.0 Å². The molecule has 0 saturated carbocycles. The van der Waals surface area contributed by atoms with Gasteiger partial charge in [0.05, 0.1) is 18.2 Å². The Labute approximate surface area is 171 Å². The molecule has 2 aromatic carbocycles. The standard InChI is InChI=1S/C20H23Cl2NO3S/c1-15-10-20(19(22)11-18(15)21)27(24,25)23-9-5-8-17(12-23)14-26-13-16-6-3-2-4-7-16/h2-4,6-7,10-11,17H,5,8-9,12-14H2,1H3. The zero-order valence-corrected chi connectivity index (χ0v) is 17.5. The molecule has 1 aliphatic rings. The zero-order valence-electron chi connectivity index (χ0n) is 15.2. The van der Waals surface area contributed by atoms with Crippen LogP contribution in [0.4, 0.5) is 0 Å². The first-order chi connectivity index (χ1) is 12.9. The molecule has 1 unspecified atom stereocenters. The van der Waals surface area contributed by atoms with E-state index in [0.29, 0.717) is 36.9 Å². The Balaban J connectivity index is 1.65. The second kappa shape index (κ2) is 8.93. The summed E-state index contributed by atoms with van der Waals surface area (Å²) >= 11 is 12.2. The summed E-state index contributed by atoms with van der Waals surface area (Å²) in [5.41, 5.74) is 1.81. The molecule has 0 N–H and O–H groups in total. The van der Waals surface area contributed by atoms with Gasteiger partial charge in [-0.25, -0.2) is 8.42 Å². The topological polar surface area (TPSA) is 46.6 Å². The van der Waals surface area contributed by atoms with Crippen molar-refractivity contribution in [3.63, 3.8) is 0 Å². The number of aryl methyl sites for hydroxylation is 1. The number of sulfonamides is 1. The Morgan fingerprint density at radius 1 is 1.15 bits per heavy atom. The minimum Gasteiger partial charge on any atom is -0.376 e. The third-order valence-electron chi connectivity index (χ3n) is 4.78. The van der Waals surface area contributed by atoms with Gasteiger partial charge in [0.15, 0.2) is 0 Å². The van der Waals surface area contributed by atoms with Crippen molar-refractivity contribution in [2.75, 3.05) is 19.7 Å². The summed E-state index contributed by atoms with van der Waals surface area (Å²) in [6.45, 7) is 3.78. The first-order valence-electron chi connectivity index (χ1n) is 8.95. The Morgan fingerprint density at radius 3 is 2.63 bits per heavy atom. The Hall–Kier alpha value is -1.11. The van der Waals surface area contributed by atoms with Gasteiger partial charge in [0, 0.05) is 18.1 Å². The third kappa shape index (κ3) is 5.04. The molecule has 2 aromatic rings. The molecule has 1 saturated heterocycles. The van der Waals surface area contributed by atoms with Gasteiger partial charge in [0.2, 0.25) is 10.0 Å². The van der Waals surface area contributed by atoms with Gasteiger partial charge in [-0.2, -0.15) is 4.31 Å². The van der Waals surface area contributed by atoms with E-state index in [4.69, 9.17) is 27.9 Å². The second-order valence-corrected chi connectivity index (χ2v) is 9.62. The predicted molar refractivity (Wildman–Crippen MR) is 109 cm³/mol. The lowest BCUT2D eigenvalue weighted by Crippen LogP contribution is -2.41. The molecule has 1 atom stereocenters. The van der Waals surface area contributed by atoms with E-state index >= 15 is 0 Å². The van der Waals surface area contributed by atoms with E-state index in [1.165, 1.54) is 10.4 Å². The SMILES string of the molecule is Cc1cc(S(=O)(=O)N2CCCC(COCc3ccccc3)C2)c(Cl)cc1Cl. The van der Waals surface area contributed by atoms with Crippen LogP contribution in [0.1, 0.15) is 24.0 Å². The zero-order chi connectivity index (χ0) is 19.4. The van der Waals surface area contributed by atoms with Crippen LogP contribution in [-0.2, 0) is 21.4 Å². The van der Waals surface area contributed by atoms with E-state index < -0.39 is 10.0 Å².